The number of dihydropyridines is 1. The summed E-state index contributed by atoms with van der Waals surface area (Å²) in [6.45, 7) is 11.1. The Morgan fingerprint density at radius 2 is 1.69 bits per heavy atom. The Morgan fingerprint density at radius 3 is 2.29 bits per heavy atom. The normalized spacial score (nSPS) is 18.9. The summed E-state index contributed by atoms with van der Waals surface area (Å²) in [4.78, 5) is 2.17. The Kier molecular flexibility index (Phi) is 6.04. The van der Waals surface area contributed by atoms with Crippen LogP contribution in [0.1, 0.15) is 45.7 Å². The van der Waals surface area contributed by atoms with Crippen LogP contribution in [0.5, 0.6) is 0 Å². The minimum Gasteiger partial charge on any atom is -0.397 e. The van der Waals surface area contributed by atoms with E-state index in [0.717, 1.165) is 34.3 Å². The third-order valence-corrected chi connectivity index (χ3v) is 6.78. The fourth-order valence-electron chi connectivity index (χ4n) is 4.87. The van der Waals surface area contributed by atoms with Gasteiger partial charge in [-0.3, -0.25) is 0 Å². The van der Waals surface area contributed by atoms with Gasteiger partial charge < -0.3 is 21.7 Å². The maximum absolute atomic E-state index is 13.2. The number of allylic oxidation sites excluding steroid dienone is 1. The van der Waals surface area contributed by atoms with E-state index in [1.54, 1.807) is 0 Å². The number of rotatable bonds is 3. The number of fused-ring (bicyclic) bond motifs is 2. The van der Waals surface area contributed by atoms with Crippen LogP contribution in [0.2, 0.25) is 0 Å². The van der Waals surface area contributed by atoms with Gasteiger partial charge in [-0.05, 0) is 46.9 Å². The number of hydrogen-bond acceptors (Lipinski definition) is 4. The summed E-state index contributed by atoms with van der Waals surface area (Å²) in [6.07, 6.45) is -1.62. The predicted octanol–water partition coefficient (Wildman–Crippen LogP) is 5.89. The van der Waals surface area contributed by atoms with E-state index >= 15 is 0 Å². The molecule has 2 heterocycles. The molecule has 35 heavy (non-hydrogen) atoms. The van der Waals surface area contributed by atoms with Crippen molar-refractivity contribution in [1.82, 2.24) is 5.32 Å². The van der Waals surface area contributed by atoms with Gasteiger partial charge in [-0.2, -0.15) is 13.2 Å². The quantitative estimate of drug-likeness (QED) is 0.511. The molecule has 2 aliphatic heterocycles. The zero-order valence-corrected chi connectivity index (χ0v) is 20.8. The number of hydrogen-bond donors (Lipinski definition) is 3. The summed E-state index contributed by atoms with van der Waals surface area (Å²) in [6, 6.07) is 14.4. The van der Waals surface area contributed by atoms with E-state index < -0.39 is 17.6 Å². The number of para-hydroxylation sites is 1. The van der Waals surface area contributed by atoms with Gasteiger partial charge in [0, 0.05) is 23.2 Å². The highest BCUT2D eigenvalue weighted by Gasteiger charge is 2.43. The lowest BCUT2D eigenvalue weighted by atomic mass is 9.70. The van der Waals surface area contributed by atoms with Crippen LogP contribution in [0.3, 0.4) is 0 Å². The highest BCUT2D eigenvalue weighted by molar-refractivity contribution is 5.81. The number of nitrogens with one attached hydrogen (secondary N) is 1. The molecule has 0 aliphatic carbocycles. The third-order valence-electron chi connectivity index (χ3n) is 6.78. The summed E-state index contributed by atoms with van der Waals surface area (Å²) in [5.41, 5.74) is 17.6. The molecule has 1 atom stereocenters. The molecule has 2 aromatic rings. The van der Waals surface area contributed by atoms with Crippen molar-refractivity contribution in [3.05, 3.63) is 94.5 Å². The van der Waals surface area contributed by atoms with Gasteiger partial charge in [0.1, 0.15) is 6.04 Å². The van der Waals surface area contributed by atoms with Crippen molar-refractivity contribution >= 4 is 11.4 Å². The highest BCUT2D eigenvalue weighted by Crippen LogP contribution is 2.52. The van der Waals surface area contributed by atoms with Gasteiger partial charge in [0.2, 0.25) is 0 Å². The molecule has 4 nitrogen and oxygen atoms in total. The topological polar surface area (TPSA) is 67.3 Å². The van der Waals surface area contributed by atoms with Crippen molar-refractivity contribution in [2.45, 2.75) is 57.7 Å². The van der Waals surface area contributed by atoms with Crippen molar-refractivity contribution in [3.8, 4) is 0 Å². The Balaban J connectivity index is 1.93. The van der Waals surface area contributed by atoms with E-state index in [9.17, 15) is 13.2 Å². The van der Waals surface area contributed by atoms with Gasteiger partial charge in [-0.15, -0.1) is 0 Å². The zero-order chi connectivity index (χ0) is 25.8. The van der Waals surface area contributed by atoms with Crippen LogP contribution in [0.25, 0.3) is 0 Å². The molecule has 0 fully saturated rings. The molecule has 7 heteroatoms. The van der Waals surface area contributed by atoms with Gasteiger partial charge in [0.15, 0.2) is 0 Å². The molecule has 2 aromatic carbocycles. The summed E-state index contributed by atoms with van der Waals surface area (Å²) < 4.78 is 39.5. The largest absolute Gasteiger partial charge is 0.407 e. The summed E-state index contributed by atoms with van der Waals surface area (Å²) >= 11 is 0. The molecule has 0 radical (unpaired) electrons. The average molecular weight is 483 g/mol. The molecule has 2 aliphatic rings. The van der Waals surface area contributed by atoms with Gasteiger partial charge in [0.05, 0.1) is 22.8 Å². The van der Waals surface area contributed by atoms with Crippen molar-refractivity contribution in [1.29, 1.82) is 0 Å². The molecule has 0 spiro atoms. The van der Waals surface area contributed by atoms with Crippen molar-refractivity contribution in [2.75, 3.05) is 11.4 Å². The Bertz CT molecular complexity index is 1210. The number of anilines is 2. The second-order valence-corrected chi connectivity index (χ2v) is 10.7. The number of alkyl halides is 3. The van der Waals surface area contributed by atoms with Crippen LogP contribution in [0.15, 0.2) is 83.3 Å². The van der Waals surface area contributed by atoms with Crippen molar-refractivity contribution < 1.29 is 13.2 Å². The van der Waals surface area contributed by atoms with Gasteiger partial charge in [-0.25, -0.2) is 0 Å². The van der Waals surface area contributed by atoms with E-state index in [-0.39, 0.29) is 11.1 Å². The monoisotopic (exact) mass is 482 g/mol. The molecule has 4 rings (SSSR count). The zero-order valence-electron chi connectivity index (χ0n) is 20.8. The first-order chi connectivity index (χ1) is 16.2. The molecule has 0 aromatic heterocycles. The molecule has 0 amide bonds. The van der Waals surface area contributed by atoms with E-state index in [1.807, 2.05) is 12.1 Å². The molecular formula is C28H33F3N4. The highest BCUT2D eigenvalue weighted by atomic mass is 19.4. The number of nitrogens with zero attached hydrogens (tertiary/aromatic N) is 1. The lowest BCUT2D eigenvalue weighted by Gasteiger charge is -2.46. The molecule has 186 valence electrons. The maximum atomic E-state index is 13.2. The summed E-state index contributed by atoms with van der Waals surface area (Å²) in [5, 5.41) is 3.22. The van der Waals surface area contributed by atoms with Crippen LogP contribution in [-0.4, -0.2) is 18.8 Å². The molecule has 0 saturated heterocycles. The SMILES string of the molecule is CC(C)(C)c1ccc(N2C3=CCNC(/C(N)=C/C(N)C(F)(F)F)=C3C(C)(C)c3ccccc32)cc1. The fourth-order valence-corrected chi connectivity index (χ4v) is 4.87. The average Bonchev–Trinajstić information content (AvgIpc) is 2.78. The second-order valence-electron chi connectivity index (χ2n) is 10.7. The summed E-state index contributed by atoms with van der Waals surface area (Å²) in [5.74, 6) is 0. The number of benzene rings is 2. The number of halogens is 3. The van der Waals surface area contributed by atoms with Crippen molar-refractivity contribution in [2.24, 2.45) is 11.5 Å². The lowest BCUT2D eigenvalue weighted by Crippen LogP contribution is -2.42. The van der Waals surface area contributed by atoms with E-state index in [4.69, 9.17) is 11.5 Å². The minimum atomic E-state index is -4.57. The van der Waals surface area contributed by atoms with E-state index in [0.29, 0.717) is 12.2 Å². The molecule has 0 bridgehead atoms. The molecule has 5 N–H and O–H groups in total. The van der Waals surface area contributed by atoms with E-state index in [1.165, 1.54) is 5.56 Å². The minimum absolute atomic E-state index is 0.00842. The van der Waals surface area contributed by atoms with E-state index in [2.05, 4.69) is 87.3 Å². The lowest BCUT2D eigenvalue weighted by molar-refractivity contribution is -0.137. The second kappa shape index (κ2) is 8.48. The third kappa shape index (κ3) is 4.45. The van der Waals surface area contributed by atoms with Crippen LogP contribution in [0, 0.1) is 0 Å². The maximum Gasteiger partial charge on any atom is 0.407 e. The smallest absolute Gasteiger partial charge is 0.397 e. The van der Waals surface area contributed by atoms with Crippen molar-refractivity contribution in [3.63, 3.8) is 0 Å². The van der Waals surface area contributed by atoms with Gasteiger partial charge in [0.25, 0.3) is 0 Å². The first-order valence-corrected chi connectivity index (χ1v) is 11.7. The standard InChI is InChI=1S/C28H33F3N4/c1-26(2,3)17-10-12-18(13-11-17)35-21-9-7-6-8-19(21)27(4,5)24-22(35)14-15-34-25(24)20(32)16-23(33)28(29,30)31/h6-14,16,23,34H,15,32-33H2,1-5H3/b20-16-. The fraction of sp³-hybridized carbons (Fsp3) is 0.357. The first-order valence-electron chi connectivity index (χ1n) is 11.7. The molecule has 0 saturated carbocycles. The van der Waals surface area contributed by atoms with Gasteiger partial charge in [-0.1, -0.05) is 65.0 Å². The van der Waals surface area contributed by atoms with Crippen LogP contribution < -0.4 is 21.7 Å². The molecule has 1 unspecified atom stereocenters. The first kappa shape index (κ1) is 24.9. The van der Waals surface area contributed by atoms with Crippen LogP contribution >= 0.6 is 0 Å². The van der Waals surface area contributed by atoms with Crippen LogP contribution in [0.4, 0.5) is 24.5 Å². The Morgan fingerprint density at radius 1 is 1.06 bits per heavy atom. The Hall–Kier alpha value is -3.19. The number of nitrogens with two attached hydrogens (primary N) is 2. The van der Waals surface area contributed by atoms with Crippen LogP contribution in [-0.2, 0) is 10.8 Å². The van der Waals surface area contributed by atoms with Gasteiger partial charge >= 0.3 is 6.18 Å². The predicted molar refractivity (Wildman–Crippen MR) is 136 cm³/mol. The molecular weight excluding hydrogens is 449 g/mol. The summed E-state index contributed by atoms with van der Waals surface area (Å²) in [7, 11) is 0. The Labute approximate surface area is 205 Å².